The molecule has 1 aromatic carbocycles. The molecule has 0 saturated heterocycles. The minimum atomic E-state index is -0.146. The molecule has 2 rings (SSSR count). The van der Waals surface area contributed by atoms with E-state index in [1.807, 2.05) is 6.92 Å². The highest BCUT2D eigenvalue weighted by atomic mass is 16.5. The van der Waals surface area contributed by atoms with E-state index in [0.29, 0.717) is 17.9 Å². The number of benzene rings is 1. The molecule has 0 unspecified atom stereocenters. The van der Waals surface area contributed by atoms with Gasteiger partial charge in [-0.15, -0.1) is 0 Å². The van der Waals surface area contributed by atoms with Gasteiger partial charge < -0.3 is 15.6 Å². The molecule has 6 heteroatoms. The Labute approximate surface area is 104 Å². The van der Waals surface area contributed by atoms with E-state index in [0.717, 1.165) is 5.56 Å². The van der Waals surface area contributed by atoms with Crippen molar-refractivity contribution >= 4 is 5.91 Å². The molecule has 6 nitrogen and oxygen atoms in total. The van der Waals surface area contributed by atoms with Gasteiger partial charge in [0.05, 0.1) is 0 Å². The highest BCUT2D eigenvalue weighted by Gasteiger charge is 2.09. The summed E-state index contributed by atoms with van der Waals surface area (Å²) in [7, 11) is 0. The zero-order valence-electron chi connectivity index (χ0n) is 9.96. The quantitative estimate of drug-likeness (QED) is 0.832. The molecule has 1 amide bonds. The Bertz CT molecular complexity index is 507. The molecule has 0 saturated carbocycles. The molecular weight excluding hydrogens is 232 g/mol. The standard InChI is InChI=1S/C12H14N4O2/c1-8(6-13)15-12(17)10-4-2-9(3-5-10)11-14-7-18-16-11/h2-5,7-8H,6,13H2,1H3,(H,15,17)/t8-/m0/s1. The third-order valence-electron chi connectivity index (χ3n) is 2.50. The lowest BCUT2D eigenvalue weighted by Crippen LogP contribution is -2.37. The fourth-order valence-corrected chi connectivity index (χ4v) is 1.43. The van der Waals surface area contributed by atoms with Gasteiger partial charge in [0.15, 0.2) is 0 Å². The maximum absolute atomic E-state index is 11.8. The first-order valence-corrected chi connectivity index (χ1v) is 5.58. The van der Waals surface area contributed by atoms with Crippen LogP contribution < -0.4 is 11.1 Å². The van der Waals surface area contributed by atoms with Crippen LogP contribution in [0.5, 0.6) is 0 Å². The minimum absolute atomic E-state index is 0.0469. The number of nitrogens with one attached hydrogen (secondary N) is 1. The van der Waals surface area contributed by atoms with Crippen LogP contribution in [0, 0.1) is 0 Å². The first-order chi connectivity index (χ1) is 8.70. The van der Waals surface area contributed by atoms with E-state index in [4.69, 9.17) is 5.73 Å². The summed E-state index contributed by atoms with van der Waals surface area (Å²) in [5, 5.41) is 6.51. The summed E-state index contributed by atoms with van der Waals surface area (Å²) in [6.45, 7) is 2.26. The van der Waals surface area contributed by atoms with Gasteiger partial charge in [-0.3, -0.25) is 4.79 Å². The molecule has 1 aromatic heterocycles. The second-order valence-electron chi connectivity index (χ2n) is 3.94. The number of hydrogen-bond donors (Lipinski definition) is 2. The lowest BCUT2D eigenvalue weighted by atomic mass is 10.1. The number of aromatic nitrogens is 2. The lowest BCUT2D eigenvalue weighted by Gasteiger charge is -2.11. The predicted octanol–water partition coefficient (Wildman–Crippen LogP) is 0.814. The molecule has 0 aliphatic carbocycles. The molecule has 18 heavy (non-hydrogen) atoms. The van der Waals surface area contributed by atoms with Crippen LogP contribution in [-0.2, 0) is 0 Å². The minimum Gasteiger partial charge on any atom is -0.348 e. The van der Waals surface area contributed by atoms with Gasteiger partial charge in [-0.05, 0) is 19.1 Å². The number of hydrogen-bond acceptors (Lipinski definition) is 5. The molecule has 0 fully saturated rings. The van der Waals surface area contributed by atoms with Gasteiger partial charge in [-0.2, -0.15) is 4.98 Å². The molecule has 1 atom stereocenters. The smallest absolute Gasteiger partial charge is 0.251 e. The summed E-state index contributed by atoms with van der Waals surface area (Å²) in [4.78, 5) is 15.7. The third-order valence-corrected chi connectivity index (χ3v) is 2.50. The van der Waals surface area contributed by atoms with Crippen LogP contribution in [0.2, 0.25) is 0 Å². The summed E-state index contributed by atoms with van der Waals surface area (Å²) in [5.74, 6) is 0.352. The van der Waals surface area contributed by atoms with Crippen LogP contribution in [0.25, 0.3) is 11.4 Å². The summed E-state index contributed by atoms with van der Waals surface area (Å²) in [6.07, 6.45) is 1.26. The normalized spacial score (nSPS) is 12.1. The van der Waals surface area contributed by atoms with Crippen molar-refractivity contribution < 1.29 is 9.32 Å². The Balaban J connectivity index is 2.10. The molecule has 1 heterocycles. The zero-order chi connectivity index (χ0) is 13.0. The Hall–Kier alpha value is -2.21. The van der Waals surface area contributed by atoms with E-state index in [-0.39, 0.29) is 11.9 Å². The number of amides is 1. The van der Waals surface area contributed by atoms with Gasteiger partial charge in [0.1, 0.15) is 0 Å². The second-order valence-corrected chi connectivity index (χ2v) is 3.94. The van der Waals surface area contributed by atoms with E-state index in [9.17, 15) is 4.79 Å². The molecule has 0 bridgehead atoms. The number of nitrogens with two attached hydrogens (primary N) is 1. The molecule has 0 radical (unpaired) electrons. The average Bonchev–Trinajstić information content (AvgIpc) is 2.92. The Kier molecular flexibility index (Phi) is 3.69. The second kappa shape index (κ2) is 5.42. The van der Waals surface area contributed by atoms with Crippen LogP contribution in [0.4, 0.5) is 0 Å². The first kappa shape index (κ1) is 12.3. The molecule has 0 aliphatic rings. The number of carbonyl (C=O) groups excluding carboxylic acids is 1. The highest BCUT2D eigenvalue weighted by molar-refractivity contribution is 5.94. The average molecular weight is 246 g/mol. The maximum atomic E-state index is 11.8. The fraction of sp³-hybridized carbons (Fsp3) is 0.250. The van der Waals surface area contributed by atoms with Crippen LogP contribution in [-0.4, -0.2) is 28.6 Å². The van der Waals surface area contributed by atoms with Crippen LogP contribution in [0.15, 0.2) is 35.2 Å². The Morgan fingerprint density at radius 2 is 2.17 bits per heavy atom. The van der Waals surface area contributed by atoms with E-state index < -0.39 is 0 Å². The van der Waals surface area contributed by atoms with Crippen molar-refractivity contribution in [3.05, 3.63) is 36.2 Å². The van der Waals surface area contributed by atoms with E-state index in [2.05, 4.69) is 20.0 Å². The highest BCUT2D eigenvalue weighted by Crippen LogP contribution is 2.14. The van der Waals surface area contributed by atoms with Gasteiger partial charge in [0.25, 0.3) is 5.91 Å². The van der Waals surface area contributed by atoms with E-state index in [1.165, 1.54) is 6.39 Å². The van der Waals surface area contributed by atoms with Gasteiger partial charge in [0, 0.05) is 23.7 Å². The van der Waals surface area contributed by atoms with E-state index >= 15 is 0 Å². The van der Waals surface area contributed by atoms with Gasteiger partial charge in [-0.25, -0.2) is 0 Å². The molecule has 0 spiro atoms. The molecule has 3 N–H and O–H groups in total. The summed E-state index contributed by atoms with van der Waals surface area (Å²) < 4.78 is 4.66. The Morgan fingerprint density at radius 3 is 2.72 bits per heavy atom. The van der Waals surface area contributed by atoms with Crippen LogP contribution >= 0.6 is 0 Å². The Morgan fingerprint density at radius 1 is 1.44 bits per heavy atom. The van der Waals surface area contributed by atoms with Crippen molar-refractivity contribution in [1.82, 2.24) is 15.5 Å². The molecule has 0 aliphatic heterocycles. The zero-order valence-corrected chi connectivity index (χ0v) is 9.96. The fourth-order valence-electron chi connectivity index (χ4n) is 1.43. The van der Waals surface area contributed by atoms with Crippen molar-refractivity contribution in [2.24, 2.45) is 5.73 Å². The lowest BCUT2D eigenvalue weighted by molar-refractivity contribution is 0.0941. The SMILES string of the molecule is C[C@@H](CN)NC(=O)c1ccc(-c2ncon2)cc1. The maximum Gasteiger partial charge on any atom is 0.251 e. The van der Waals surface area contributed by atoms with Crippen LogP contribution in [0.3, 0.4) is 0 Å². The summed E-state index contributed by atoms with van der Waals surface area (Å²) in [6, 6.07) is 6.92. The van der Waals surface area contributed by atoms with Crippen molar-refractivity contribution in [2.45, 2.75) is 13.0 Å². The van der Waals surface area contributed by atoms with E-state index in [1.54, 1.807) is 24.3 Å². The topological polar surface area (TPSA) is 94.0 Å². The molecule has 94 valence electrons. The third kappa shape index (κ3) is 2.72. The number of rotatable bonds is 4. The monoisotopic (exact) mass is 246 g/mol. The first-order valence-electron chi connectivity index (χ1n) is 5.58. The summed E-state index contributed by atoms with van der Waals surface area (Å²) >= 11 is 0. The van der Waals surface area contributed by atoms with Crippen LogP contribution in [0.1, 0.15) is 17.3 Å². The molecule has 2 aromatic rings. The van der Waals surface area contributed by atoms with Crippen molar-refractivity contribution in [3.63, 3.8) is 0 Å². The molecular formula is C12H14N4O2. The summed E-state index contributed by atoms with van der Waals surface area (Å²) in [5.41, 5.74) is 6.82. The van der Waals surface area contributed by atoms with Crippen molar-refractivity contribution in [2.75, 3.05) is 6.54 Å². The van der Waals surface area contributed by atoms with Gasteiger partial charge in [-0.1, -0.05) is 17.3 Å². The van der Waals surface area contributed by atoms with Crippen molar-refractivity contribution in [3.8, 4) is 11.4 Å². The van der Waals surface area contributed by atoms with Gasteiger partial charge >= 0.3 is 0 Å². The van der Waals surface area contributed by atoms with Crippen molar-refractivity contribution in [1.29, 1.82) is 0 Å². The number of nitrogens with zero attached hydrogens (tertiary/aromatic N) is 2. The van der Waals surface area contributed by atoms with Gasteiger partial charge in [0.2, 0.25) is 12.2 Å². The largest absolute Gasteiger partial charge is 0.348 e. The predicted molar refractivity (Wildman–Crippen MR) is 65.7 cm³/mol. The number of carbonyl (C=O) groups is 1.